The lowest BCUT2D eigenvalue weighted by molar-refractivity contribution is -0.141. The van der Waals surface area contributed by atoms with E-state index in [0.717, 1.165) is 28.0 Å². The van der Waals surface area contributed by atoms with Crippen LogP contribution in [0.4, 0.5) is 0 Å². The number of ether oxygens (including phenoxy) is 2. The molecule has 1 aliphatic rings. The van der Waals surface area contributed by atoms with Crippen molar-refractivity contribution in [1.82, 2.24) is 10.2 Å². The molecule has 4 rings (SSSR count). The minimum Gasteiger partial charge on any atom is -0.486 e. The van der Waals surface area contributed by atoms with Crippen LogP contribution < -0.4 is 14.8 Å². The molecular formula is C30H34N2O4. The van der Waals surface area contributed by atoms with Gasteiger partial charge in [-0.25, -0.2) is 0 Å². The molecule has 0 spiro atoms. The number of nitrogens with zero attached hydrogens (tertiary/aromatic N) is 1. The van der Waals surface area contributed by atoms with Crippen LogP contribution in [0.2, 0.25) is 0 Å². The molecule has 188 valence electrons. The first-order chi connectivity index (χ1) is 17.5. The number of aryl methyl sites for hydroxylation is 2. The number of benzene rings is 3. The number of amides is 2. The summed E-state index contributed by atoms with van der Waals surface area (Å²) in [4.78, 5) is 28.7. The van der Waals surface area contributed by atoms with Gasteiger partial charge in [0, 0.05) is 25.9 Å². The lowest BCUT2D eigenvalue weighted by Crippen LogP contribution is -2.50. The van der Waals surface area contributed by atoms with Gasteiger partial charge in [-0.3, -0.25) is 9.59 Å². The standard InChI is InChI=1S/C30H34N2O4/c1-3-31-30(34)26(19-23-7-5-4-6-8-23)32(21-25-11-9-22(2)10-12-25)29(33)16-14-24-13-15-27-28(20-24)36-18-17-35-27/h4-13,15,20,26H,3,14,16-19,21H2,1-2H3,(H,31,34). The molecule has 3 aromatic carbocycles. The summed E-state index contributed by atoms with van der Waals surface area (Å²) in [6.07, 6.45) is 1.29. The van der Waals surface area contributed by atoms with Crippen molar-refractivity contribution in [3.05, 3.63) is 95.1 Å². The van der Waals surface area contributed by atoms with E-state index < -0.39 is 6.04 Å². The molecule has 2 amide bonds. The average molecular weight is 487 g/mol. The quantitative estimate of drug-likeness (QED) is 0.459. The van der Waals surface area contributed by atoms with E-state index in [0.29, 0.717) is 44.9 Å². The molecule has 1 heterocycles. The maximum Gasteiger partial charge on any atom is 0.243 e. The molecule has 0 radical (unpaired) electrons. The predicted octanol–water partition coefficient (Wildman–Crippen LogP) is 4.48. The Kier molecular flexibility index (Phi) is 8.61. The van der Waals surface area contributed by atoms with Gasteiger partial charge >= 0.3 is 0 Å². The largest absolute Gasteiger partial charge is 0.486 e. The van der Waals surface area contributed by atoms with Crippen molar-refractivity contribution in [3.63, 3.8) is 0 Å². The highest BCUT2D eigenvalue weighted by Crippen LogP contribution is 2.31. The fourth-order valence-electron chi connectivity index (χ4n) is 4.37. The van der Waals surface area contributed by atoms with Gasteiger partial charge in [-0.1, -0.05) is 66.2 Å². The SMILES string of the molecule is CCNC(=O)C(Cc1ccccc1)N(Cc1ccc(C)cc1)C(=O)CCc1ccc2c(c1)OCCO2. The van der Waals surface area contributed by atoms with Crippen LogP contribution >= 0.6 is 0 Å². The maximum absolute atomic E-state index is 13.7. The van der Waals surface area contributed by atoms with Crippen molar-refractivity contribution in [2.45, 2.75) is 45.7 Å². The van der Waals surface area contributed by atoms with Crippen molar-refractivity contribution in [2.24, 2.45) is 0 Å². The first-order valence-corrected chi connectivity index (χ1v) is 12.6. The maximum atomic E-state index is 13.7. The molecule has 0 aromatic heterocycles. The third-order valence-corrected chi connectivity index (χ3v) is 6.33. The Labute approximate surface area is 213 Å². The van der Waals surface area contributed by atoms with Crippen molar-refractivity contribution < 1.29 is 19.1 Å². The number of carbonyl (C=O) groups excluding carboxylic acids is 2. The van der Waals surface area contributed by atoms with Crippen LogP contribution in [0, 0.1) is 6.92 Å². The van der Waals surface area contributed by atoms with Gasteiger partial charge in [0.1, 0.15) is 19.3 Å². The number of hydrogen-bond acceptors (Lipinski definition) is 4. The van der Waals surface area contributed by atoms with Crippen LogP contribution in [-0.4, -0.2) is 42.5 Å². The smallest absolute Gasteiger partial charge is 0.243 e. The van der Waals surface area contributed by atoms with E-state index in [1.54, 1.807) is 4.90 Å². The molecule has 1 unspecified atom stereocenters. The lowest BCUT2D eigenvalue weighted by Gasteiger charge is -2.31. The topological polar surface area (TPSA) is 67.9 Å². The van der Waals surface area contributed by atoms with Crippen molar-refractivity contribution in [1.29, 1.82) is 0 Å². The summed E-state index contributed by atoms with van der Waals surface area (Å²) in [7, 11) is 0. The van der Waals surface area contributed by atoms with E-state index in [9.17, 15) is 9.59 Å². The Morgan fingerprint density at radius 1 is 0.889 bits per heavy atom. The summed E-state index contributed by atoms with van der Waals surface area (Å²) in [6, 6.07) is 23.2. The van der Waals surface area contributed by atoms with E-state index >= 15 is 0 Å². The Bertz CT molecular complexity index is 1160. The van der Waals surface area contributed by atoms with Gasteiger partial charge in [-0.05, 0) is 49.1 Å². The summed E-state index contributed by atoms with van der Waals surface area (Å²) in [5, 5.41) is 2.94. The molecule has 3 aromatic rings. The summed E-state index contributed by atoms with van der Waals surface area (Å²) in [5.41, 5.74) is 4.17. The Morgan fingerprint density at radius 2 is 1.58 bits per heavy atom. The monoisotopic (exact) mass is 486 g/mol. The normalized spacial score (nSPS) is 13.1. The Hall–Kier alpha value is -3.80. The molecule has 6 nitrogen and oxygen atoms in total. The number of nitrogens with one attached hydrogen (secondary N) is 1. The highest BCUT2D eigenvalue weighted by molar-refractivity contribution is 5.88. The van der Waals surface area contributed by atoms with Crippen LogP contribution in [0.3, 0.4) is 0 Å². The van der Waals surface area contributed by atoms with Crippen LogP contribution in [0.25, 0.3) is 0 Å². The first-order valence-electron chi connectivity index (χ1n) is 12.6. The minimum absolute atomic E-state index is 0.0577. The molecule has 36 heavy (non-hydrogen) atoms. The zero-order valence-corrected chi connectivity index (χ0v) is 21.0. The lowest BCUT2D eigenvalue weighted by atomic mass is 10.0. The highest BCUT2D eigenvalue weighted by atomic mass is 16.6. The fourth-order valence-corrected chi connectivity index (χ4v) is 4.37. The van der Waals surface area contributed by atoms with Gasteiger partial charge in [0.2, 0.25) is 11.8 Å². The van der Waals surface area contributed by atoms with Crippen molar-refractivity contribution >= 4 is 11.8 Å². The van der Waals surface area contributed by atoms with Crippen LogP contribution in [-0.2, 0) is 29.0 Å². The van der Waals surface area contributed by atoms with Gasteiger partial charge in [-0.15, -0.1) is 0 Å². The molecule has 0 aliphatic carbocycles. The summed E-state index contributed by atoms with van der Waals surface area (Å²) < 4.78 is 11.3. The van der Waals surface area contributed by atoms with Crippen molar-refractivity contribution in [3.8, 4) is 11.5 Å². The van der Waals surface area contributed by atoms with E-state index in [2.05, 4.69) is 5.32 Å². The summed E-state index contributed by atoms with van der Waals surface area (Å²) >= 11 is 0. The highest BCUT2D eigenvalue weighted by Gasteiger charge is 2.30. The molecular weight excluding hydrogens is 452 g/mol. The number of rotatable bonds is 10. The van der Waals surface area contributed by atoms with Gasteiger partial charge in [0.05, 0.1) is 0 Å². The molecule has 0 bridgehead atoms. The molecule has 0 fully saturated rings. The van der Waals surface area contributed by atoms with Crippen LogP contribution in [0.5, 0.6) is 11.5 Å². The van der Waals surface area contributed by atoms with Crippen LogP contribution in [0.15, 0.2) is 72.8 Å². The molecule has 6 heteroatoms. The zero-order chi connectivity index (χ0) is 25.3. The number of carbonyl (C=O) groups is 2. The van der Waals surface area contributed by atoms with Crippen LogP contribution in [0.1, 0.15) is 35.6 Å². The number of likely N-dealkylation sites (N-methyl/N-ethyl adjacent to an activating group) is 1. The van der Waals surface area contributed by atoms with Gasteiger partial charge in [-0.2, -0.15) is 0 Å². The second-order valence-corrected chi connectivity index (χ2v) is 9.09. The average Bonchev–Trinajstić information content (AvgIpc) is 2.91. The third-order valence-electron chi connectivity index (χ3n) is 6.33. The molecule has 1 N–H and O–H groups in total. The van der Waals surface area contributed by atoms with E-state index in [1.165, 1.54) is 0 Å². The van der Waals surface area contributed by atoms with Gasteiger partial charge < -0.3 is 19.7 Å². The minimum atomic E-state index is -0.610. The van der Waals surface area contributed by atoms with Gasteiger partial charge in [0.25, 0.3) is 0 Å². The number of hydrogen-bond donors (Lipinski definition) is 1. The third kappa shape index (κ3) is 6.66. The first kappa shape index (κ1) is 25.3. The second-order valence-electron chi connectivity index (χ2n) is 9.09. The molecule has 1 aliphatic heterocycles. The van der Waals surface area contributed by atoms with Crippen molar-refractivity contribution in [2.75, 3.05) is 19.8 Å². The van der Waals surface area contributed by atoms with Gasteiger partial charge in [0.15, 0.2) is 11.5 Å². The summed E-state index contributed by atoms with van der Waals surface area (Å²) in [6.45, 7) is 5.87. The fraction of sp³-hybridized carbons (Fsp3) is 0.333. The Balaban J connectivity index is 1.57. The second kappa shape index (κ2) is 12.2. The van der Waals surface area contributed by atoms with E-state index in [-0.39, 0.29) is 18.2 Å². The molecule has 0 saturated heterocycles. The number of fused-ring (bicyclic) bond motifs is 1. The Morgan fingerprint density at radius 3 is 2.31 bits per heavy atom. The predicted molar refractivity (Wildman–Crippen MR) is 140 cm³/mol. The molecule has 0 saturated carbocycles. The zero-order valence-electron chi connectivity index (χ0n) is 21.0. The summed E-state index contributed by atoms with van der Waals surface area (Å²) in [5.74, 6) is 1.25. The van der Waals surface area contributed by atoms with E-state index in [1.807, 2.05) is 86.6 Å². The molecule has 1 atom stereocenters. The van der Waals surface area contributed by atoms with E-state index in [4.69, 9.17) is 9.47 Å².